The Balaban J connectivity index is 0.00000242. The number of hydrogen-bond donors (Lipinski definition) is 1. The van der Waals surface area contributed by atoms with Crippen molar-refractivity contribution < 1.29 is 4.52 Å². The largest absolute Gasteiger partial charge is 0.370 e. The van der Waals surface area contributed by atoms with Crippen molar-refractivity contribution in [3.05, 3.63) is 11.7 Å². The van der Waals surface area contributed by atoms with E-state index in [-0.39, 0.29) is 24.0 Å². The highest BCUT2D eigenvalue weighted by atomic mass is 127. The van der Waals surface area contributed by atoms with Crippen LogP contribution in [0.15, 0.2) is 9.52 Å². The molecule has 2 rings (SSSR count). The molecule has 2 N–H and O–H groups in total. The number of halogens is 1. The first-order chi connectivity index (χ1) is 10.1. The van der Waals surface area contributed by atoms with Gasteiger partial charge in [-0.2, -0.15) is 4.98 Å². The van der Waals surface area contributed by atoms with Crippen LogP contribution in [0.3, 0.4) is 0 Å². The smallest absolute Gasteiger partial charge is 0.226 e. The molecule has 126 valence electrons. The van der Waals surface area contributed by atoms with Crippen molar-refractivity contribution in [1.29, 1.82) is 0 Å². The molecule has 1 saturated heterocycles. The monoisotopic (exact) mass is 421 g/mol. The molecule has 0 bridgehead atoms. The van der Waals surface area contributed by atoms with E-state index in [0.29, 0.717) is 24.3 Å². The van der Waals surface area contributed by atoms with Gasteiger partial charge in [0.05, 0.1) is 0 Å². The molecule has 0 radical (unpaired) electrons. The molecule has 1 aromatic heterocycles. The molecule has 0 saturated carbocycles. The van der Waals surface area contributed by atoms with Crippen LogP contribution in [0.5, 0.6) is 0 Å². The van der Waals surface area contributed by atoms with Crippen molar-refractivity contribution in [3.8, 4) is 0 Å². The summed E-state index contributed by atoms with van der Waals surface area (Å²) in [5.41, 5.74) is 6.04. The molecule has 2 heterocycles. The predicted molar refractivity (Wildman–Crippen MR) is 98.6 cm³/mol. The summed E-state index contributed by atoms with van der Waals surface area (Å²) in [6.07, 6.45) is 4.05. The van der Waals surface area contributed by atoms with E-state index in [2.05, 4.69) is 40.8 Å². The van der Waals surface area contributed by atoms with E-state index < -0.39 is 0 Å². The molecule has 1 aliphatic rings. The fourth-order valence-corrected chi connectivity index (χ4v) is 2.37. The summed E-state index contributed by atoms with van der Waals surface area (Å²) in [4.78, 5) is 11.0. The van der Waals surface area contributed by atoms with Crippen LogP contribution in [0.4, 0.5) is 0 Å². The predicted octanol–water partition coefficient (Wildman–Crippen LogP) is 2.79. The number of aromatic nitrogens is 2. The number of rotatable bonds is 5. The number of nitrogens with two attached hydrogens (primary N) is 1. The van der Waals surface area contributed by atoms with Crippen LogP contribution in [-0.4, -0.2) is 40.6 Å². The molecule has 0 atom stereocenters. The Morgan fingerprint density at radius 3 is 2.68 bits per heavy atom. The van der Waals surface area contributed by atoms with Crippen LogP contribution in [0, 0.1) is 5.92 Å². The quantitative estimate of drug-likeness (QED) is 0.342. The third-order valence-corrected chi connectivity index (χ3v) is 3.93. The maximum atomic E-state index is 6.04. The third-order valence-electron chi connectivity index (χ3n) is 3.93. The first kappa shape index (κ1) is 19.2. The van der Waals surface area contributed by atoms with Gasteiger partial charge >= 0.3 is 0 Å². The molecule has 0 aromatic carbocycles. The Morgan fingerprint density at radius 1 is 1.41 bits per heavy atom. The molecule has 6 nitrogen and oxygen atoms in total. The number of hydrogen-bond acceptors (Lipinski definition) is 4. The Hall–Kier alpha value is -0.860. The highest BCUT2D eigenvalue weighted by Crippen LogP contribution is 2.15. The van der Waals surface area contributed by atoms with Gasteiger partial charge in [0.1, 0.15) is 0 Å². The molecule has 1 aromatic rings. The molecule has 7 heteroatoms. The van der Waals surface area contributed by atoms with Gasteiger partial charge in [0.2, 0.25) is 5.89 Å². The highest BCUT2D eigenvalue weighted by molar-refractivity contribution is 14.0. The van der Waals surface area contributed by atoms with E-state index in [0.717, 1.165) is 37.7 Å². The maximum Gasteiger partial charge on any atom is 0.226 e. The van der Waals surface area contributed by atoms with Gasteiger partial charge in [-0.05, 0) is 25.2 Å². The molecule has 22 heavy (non-hydrogen) atoms. The summed E-state index contributed by atoms with van der Waals surface area (Å²) in [6, 6.07) is 0. The summed E-state index contributed by atoms with van der Waals surface area (Å²) in [7, 11) is 0. The third kappa shape index (κ3) is 5.73. The number of aryl methyl sites for hydroxylation is 1. The molecule has 0 aliphatic carbocycles. The second kappa shape index (κ2) is 9.32. The summed E-state index contributed by atoms with van der Waals surface area (Å²) in [6.45, 7) is 9.16. The first-order valence-electron chi connectivity index (χ1n) is 7.93. The lowest BCUT2D eigenvalue weighted by molar-refractivity contribution is 0.277. The average Bonchev–Trinajstić information content (AvgIpc) is 2.93. The topological polar surface area (TPSA) is 80.5 Å². The minimum Gasteiger partial charge on any atom is -0.370 e. The Kier molecular flexibility index (Phi) is 8.13. The van der Waals surface area contributed by atoms with E-state index in [4.69, 9.17) is 10.3 Å². The SMILES string of the molecule is CC1CCN(C(N)=NCCCc2nc(C(C)C)no2)CC1.I. The van der Waals surface area contributed by atoms with Gasteiger partial charge in [-0.25, -0.2) is 0 Å². The summed E-state index contributed by atoms with van der Waals surface area (Å²) >= 11 is 0. The number of piperidine rings is 1. The van der Waals surface area contributed by atoms with Gasteiger partial charge in [-0.3, -0.25) is 4.99 Å². The molecule has 1 fully saturated rings. The van der Waals surface area contributed by atoms with Crippen molar-refractivity contribution in [3.63, 3.8) is 0 Å². The molecule has 1 aliphatic heterocycles. The normalized spacial score (nSPS) is 16.9. The van der Waals surface area contributed by atoms with E-state index in [1.807, 2.05) is 0 Å². The van der Waals surface area contributed by atoms with Gasteiger partial charge in [-0.1, -0.05) is 25.9 Å². The van der Waals surface area contributed by atoms with Crippen LogP contribution in [0.1, 0.15) is 57.7 Å². The van der Waals surface area contributed by atoms with E-state index in [1.54, 1.807) is 0 Å². The zero-order chi connectivity index (χ0) is 15.2. The zero-order valence-corrected chi connectivity index (χ0v) is 16.1. The highest BCUT2D eigenvalue weighted by Gasteiger charge is 2.16. The van der Waals surface area contributed by atoms with Crippen LogP contribution < -0.4 is 5.73 Å². The lowest BCUT2D eigenvalue weighted by Gasteiger charge is -2.31. The number of likely N-dealkylation sites (tertiary alicyclic amines) is 1. The number of guanidine groups is 1. The average molecular weight is 421 g/mol. The van der Waals surface area contributed by atoms with E-state index >= 15 is 0 Å². The van der Waals surface area contributed by atoms with Gasteiger partial charge in [0.15, 0.2) is 11.8 Å². The second-order valence-electron chi connectivity index (χ2n) is 6.21. The van der Waals surface area contributed by atoms with Crippen LogP contribution >= 0.6 is 24.0 Å². The minimum atomic E-state index is 0. The van der Waals surface area contributed by atoms with Crippen LogP contribution in [0.2, 0.25) is 0 Å². The second-order valence-corrected chi connectivity index (χ2v) is 6.21. The fraction of sp³-hybridized carbons (Fsp3) is 0.800. The number of nitrogens with zero attached hydrogens (tertiary/aromatic N) is 4. The Labute approximate surface area is 149 Å². The molecule has 0 unspecified atom stereocenters. The van der Waals surface area contributed by atoms with Gasteiger partial charge in [0, 0.05) is 32.0 Å². The van der Waals surface area contributed by atoms with E-state index in [9.17, 15) is 0 Å². The van der Waals surface area contributed by atoms with Crippen molar-refractivity contribution in [2.75, 3.05) is 19.6 Å². The van der Waals surface area contributed by atoms with Crippen molar-refractivity contribution in [2.24, 2.45) is 16.6 Å². The van der Waals surface area contributed by atoms with Crippen molar-refractivity contribution in [2.45, 2.75) is 52.4 Å². The van der Waals surface area contributed by atoms with Crippen molar-refractivity contribution >= 4 is 29.9 Å². The molecular formula is C15H28IN5O. The summed E-state index contributed by atoms with van der Waals surface area (Å²) < 4.78 is 5.21. The summed E-state index contributed by atoms with van der Waals surface area (Å²) in [5, 5.41) is 3.96. The number of aliphatic imine (C=N–C) groups is 1. The van der Waals surface area contributed by atoms with Gasteiger partial charge in [0.25, 0.3) is 0 Å². The Morgan fingerprint density at radius 2 is 2.09 bits per heavy atom. The maximum absolute atomic E-state index is 6.04. The molecule has 0 amide bonds. The van der Waals surface area contributed by atoms with Gasteiger partial charge < -0.3 is 15.2 Å². The first-order valence-corrected chi connectivity index (χ1v) is 7.93. The molecule has 0 spiro atoms. The van der Waals surface area contributed by atoms with Crippen LogP contribution in [0.25, 0.3) is 0 Å². The lowest BCUT2D eigenvalue weighted by Crippen LogP contribution is -2.42. The molecular weight excluding hydrogens is 393 g/mol. The lowest BCUT2D eigenvalue weighted by atomic mass is 10.00. The van der Waals surface area contributed by atoms with Crippen molar-refractivity contribution in [1.82, 2.24) is 15.0 Å². The Bertz CT molecular complexity index is 466. The van der Waals surface area contributed by atoms with E-state index in [1.165, 1.54) is 12.8 Å². The minimum absolute atomic E-state index is 0. The standard InChI is InChI=1S/C15H27N5O.HI/c1-11(2)14-18-13(21-19-14)5-4-8-17-15(16)20-9-6-12(3)7-10-20;/h11-12H,4-10H2,1-3H3,(H2,16,17);1H. The van der Waals surface area contributed by atoms with Gasteiger partial charge in [-0.15, -0.1) is 24.0 Å². The summed E-state index contributed by atoms with van der Waals surface area (Å²) in [5.74, 6) is 3.25. The van der Waals surface area contributed by atoms with Crippen LogP contribution in [-0.2, 0) is 6.42 Å². The zero-order valence-electron chi connectivity index (χ0n) is 13.8. The fourth-order valence-electron chi connectivity index (χ4n) is 2.37.